The van der Waals surface area contributed by atoms with Crippen LogP contribution in [-0.2, 0) is 11.2 Å². The van der Waals surface area contributed by atoms with Crippen LogP contribution in [0, 0.1) is 34.4 Å². The predicted octanol–water partition coefficient (Wildman–Crippen LogP) is 8.79. The highest BCUT2D eigenvalue weighted by Crippen LogP contribution is 2.60. The van der Waals surface area contributed by atoms with Crippen molar-refractivity contribution >= 4 is 56.5 Å². The lowest BCUT2D eigenvalue weighted by Gasteiger charge is -2.40. The van der Waals surface area contributed by atoms with E-state index in [4.69, 9.17) is 28.2 Å². The number of allylic oxidation sites excluding steroid dienone is 1. The van der Waals surface area contributed by atoms with Gasteiger partial charge in [-0.3, -0.25) is 4.79 Å². The fourth-order valence-electron chi connectivity index (χ4n) is 9.00. The normalized spacial score (nSPS) is 28.0. The van der Waals surface area contributed by atoms with Crippen LogP contribution in [-0.4, -0.2) is 39.0 Å². The molecule has 2 bridgehead atoms. The van der Waals surface area contributed by atoms with Crippen LogP contribution in [0.2, 0.25) is 10.0 Å². The van der Waals surface area contributed by atoms with Crippen molar-refractivity contribution < 1.29 is 9.18 Å². The number of fused-ring (bicyclic) bond motifs is 5. The molecule has 0 spiro atoms. The average Bonchev–Trinajstić information content (AvgIpc) is 3.68. The first kappa shape index (κ1) is 29.7. The number of benzene rings is 2. The number of amides is 1. The number of nitrogens with zero attached hydrogens (tertiary/aromatic N) is 4. The number of piperidine rings is 1. The molecule has 6 aliphatic rings. The van der Waals surface area contributed by atoms with Crippen LogP contribution < -0.4 is 5.32 Å². The van der Waals surface area contributed by atoms with E-state index in [-0.39, 0.29) is 40.4 Å². The van der Waals surface area contributed by atoms with Crippen LogP contribution in [0.15, 0.2) is 36.9 Å². The van der Waals surface area contributed by atoms with Crippen LogP contribution in [0.25, 0.3) is 38.5 Å². The molecule has 3 aliphatic carbocycles. The van der Waals surface area contributed by atoms with Crippen LogP contribution in [0.4, 0.5) is 4.39 Å². The zero-order valence-corrected chi connectivity index (χ0v) is 28.1. The van der Waals surface area contributed by atoms with Crippen molar-refractivity contribution in [3.05, 3.63) is 69.7 Å². The number of hydrogen-bond donors (Lipinski definition) is 1. The number of pyridine rings is 1. The van der Waals surface area contributed by atoms with Crippen molar-refractivity contribution in [1.82, 2.24) is 19.8 Å². The molecular formula is C38H36Cl2FN5O. The molecular weight excluding hydrogens is 632 g/mol. The maximum Gasteiger partial charge on any atom is 0.229 e. The molecule has 5 heterocycles. The van der Waals surface area contributed by atoms with Crippen molar-refractivity contribution in [3.8, 4) is 17.2 Å². The third-order valence-corrected chi connectivity index (χ3v) is 12.7. The Morgan fingerprint density at radius 1 is 1.19 bits per heavy atom. The molecule has 0 radical (unpaired) electrons. The van der Waals surface area contributed by atoms with Crippen molar-refractivity contribution in [2.45, 2.75) is 83.0 Å². The number of nitrogens with one attached hydrogen (secondary N) is 1. The summed E-state index contributed by atoms with van der Waals surface area (Å²) in [4.78, 5) is 21.3. The molecule has 6 fully saturated rings. The van der Waals surface area contributed by atoms with Gasteiger partial charge >= 0.3 is 0 Å². The lowest BCUT2D eigenvalue weighted by atomic mass is 9.79. The van der Waals surface area contributed by atoms with Gasteiger partial charge in [0.2, 0.25) is 5.91 Å². The SMILES string of the molecule is C=C(C)c1nc2c(F)c(-c3cccc(Cl)c3Cl)c(CCC#N)cc2c2c1cc([C@H]1C[C@H]3C[C@H]3N1C(=O)C1(C)CC1)n2[C@H]1[C@H]2CN[C@@H]1C2. The minimum Gasteiger partial charge on any atom is -0.337 e. The molecule has 0 unspecified atom stereocenters. The number of carbonyl (C=O) groups excluding carboxylic acids is 1. The van der Waals surface area contributed by atoms with Gasteiger partial charge in [0.05, 0.1) is 39.4 Å². The summed E-state index contributed by atoms with van der Waals surface area (Å²) in [5.41, 5.74) is 4.98. The number of rotatable bonds is 7. The summed E-state index contributed by atoms with van der Waals surface area (Å²) in [7, 11) is 0. The van der Waals surface area contributed by atoms with E-state index < -0.39 is 5.82 Å². The quantitative estimate of drug-likeness (QED) is 0.214. The highest BCUT2D eigenvalue weighted by molar-refractivity contribution is 6.43. The Bertz CT molecular complexity index is 2100. The highest BCUT2D eigenvalue weighted by Gasteiger charge is 2.60. The minimum atomic E-state index is -0.478. The summed E-state index contributed by atoms with van der Waals surface area (Å²) in [6.07, 6.45) is 5.61. The van der Waals surface area contributed by atoms with E-state index in [9.17, 15) is 10.1 Å². The van der Waals surface area contributed by atoms with E-state index in [1.54, 1.807) is 18.2 Å². The molecule has 3 aliphatic heterocycles. The first-order valence-electron chi connectivity index (χ1n) is 16.8. The molecule has 2 aromatic carbocycles. The summed E-state index contributed by atoms with van der Waals surface area (Å²) >= 11 is 13.1. The van der Waals surface area contributed by atoms with Crippen LogP contribution in [0.1, 0.15) is 81.4 Å². The molecule has 10 rings (SSSR count). The van der Waals surface area contributed by atoms with E-state index in [0.717, 1.165) is 60.8 Å². The monoisotopic (exact) mass is 667 g/mol. The molecule has 2 aromatic heterocycles. The number of aromatic nitrogens is 2. The minimum absolute atomic E-state index is 0.0310. The van der Waals surface area contributed by atoms with Crippen molar-refractivity contribution in [1.29, 1.82) is 5.26 Å². The number of halogens is 3. The van der Waals surface area contributed by atoms with Crippen LogP contribution in [0.3, 0.4) is 0 Å². The molecule has 1 N–H and O–H groups in total. The third kappa shape index (κ3) is 4.24. The molecule has 47 heavy (non-hydrogen) atoms. The van der Waals surface area contributed by atoms with Gasteiger partial charge in [-0.1, -0.05) is 48.8 Å². The Labute approximate surface area is 283 Å². The van der Waals surface area contributed by atoms with E-state index in [1.165, 1.54) is 0 Å². The van der Waals surface area contributed by atoms with E-state index in [0.29, 0.717) is 63.1 Å². The molecule has 4 aromatic rings. The first-order valence-corrected chi connectivity index (χ1v) is 17.6. The summed E-state index contributed by atoms with van der Waals surface area (Å²) in [6, 6.07) is 12.5. The van der Waals surface area contributed by atoms with Crippen molar-refractivity contribution in [2.24, 2.45) is 17.3 Å². The van der Waals surface area contributed by atoms with Crippen LogP contribution >= 0.6 is 23.2 Å². The maximum absolute atomic E-state index is 17.2. The van der Waals surface area contributed by atoms with Gasteiger partial charge in [0.15, 0.2) is 5.82 Å². The summed E-state index contributed by atoms with van der Waals surface area (Å²) in [6.45, 7) is 9.27. The number of nitriles is 1. The molecule has 9 heteroatoms. The largest absolute Gasteiger partial charge is 0.337 e. The Balaban J connectivity index is 1.35. The molecule has 6 atom stereocenters. The summed E-state index contributed by atoms with van der Waals surface area (Å²) in [5, 5.41) is 15.5. The number of likely N-dealkylation sites (tertiary alicyclic amines) is 1. The zero-order valence-electron chi connectivity index (χ0n) is 26.5. The Kier molecular flexibility index (Phi) is 6.49. The highest BCUT2D eigenvalue weighted by atomic mass is 35.5. The summed E-state index contributed by atoms with van der Waals surface area (Å²) in [5.74, 6) is 0.799. The predicted molar refractivity (Wildman–Crippen MR) is 184 cm³/mol. The molecule has 240 valence electrons. The smallest absolute Gasteiger partial charge is 0.229 e. The first-order chi connectivity index (χ1) is 22.6. The van der Waals surface area contributed by atoms with Gasteiger partial charge in [0, 0.05) is 58.1 Å². The molecule has 3 saturated heterocycles. The lowest BCUT2D eigenvalue weighted by Crippen LogP contribution is -2.42. The van der Waals surface area contributed by atoms with Gasteiger partial charge in [0.1, 0.15) is 5.52 Å². The van der Waals surface area contributed by atoms with E-state index in [1.807, 2.05) is 13.0 Å². The number of aryl methyl sites for hydroxylation is 1. The van der Waals surface area contributed by atoms with Gasteiger partial charge in [-0.05, 0) is 86.6 Å². The number of hydrogen-bond acceptors (Lipinski definition) is 4. The van der Waals surface area contributed by atoms with Gasteiger partial charge in [-0.2, -0.15) is 5.26 Å². The second-order valence-electron chi connectivity index (χ2n) is 14.9. The Hall–Kier alpha value is -3.44. The second kappa shape index (κ2) is 10.3. The van der Waals surface area contributed by atoms with Crippen molar-refractivity contribution in [2.75, 3.05) is 6.54 Å². The van der Waals surface area contributed by atoms with Crippen molar-refractivity contribution in [3.63, 3.8) is 0 Å². The average molecular weight is 669 g/mol. The zero-order chi connectivity index (χ0) is 32.5. The maximum atomic E-state index is 17.2. The van der Waals surface area contributed by atoms with Gasteiger partial charge in [0.25, 0.3) is 0 Å². The Morgan fingerprint density at radius 3 is 2.68 bits per heavy atom. The fourth-order valence-corrected chi connectivity index (χ4v) is 9.39. The van der Waals surface area contributed by atoms with Gasteiger partial charge in [-0.25, -0.2) is 9.37 Å². The van der Waals surface area contributed by atoms with Gasteiger partial charge in [-0.15, -0.1) is 0 Å². The standard InChI is InChI=1S/C38H36Cl2FN5O/c1-18(2)33-24-16-29(28-15-20-14-27(20)45(28)37(47)38(3)9-10-38)46(35-21-13-26(35)43-17-21)36(24)23-12-19(6-5-11-42)30(32(41)34(23)44-33)22-7-4-8-25(39)31(22)40/h4,7-8,12,16,20-21,26-28,35,43H,1,5-6,9-10,13-15,17H2,2-3H3/t20-,21-,26-,27-,28-,35+/m1/s1. The number of carbonyl (C=O) groups is 1. The Morgan fingerprint density at radius 2 is 2.00 bits per heavy atom. The lowest BCUT2D eigenvalue weighted by molar-refractivity contribution is -0.138. The third-order valence-electron chi connectivity index (χ3n) is 11.8. The van der Waals surface area contributed by atoms with Crippen LogP contribution in [0.5, 0.6) is 0 Å². The van der Waals surface area contributed by atoms with E-state index in [2.05, 4.69) is 40.4 Å². The second-order valence-corrected chi connectivity index (χ2v) is 15.7. The molecule has 1 amide bonds. The fraction of sp³-hybridized carbons (Fsp3) is 0.447. The summed E-state index contributed by atoms with van der Waals surface area (Å²) < 4.78 is 19.7. The van der Waals surface area contributed by atoms with Gasteiger partial charge < -0.3 is 14.8 Å². The topological polar surface area (TPSA) is 74.0 Å². The molecule has 3 saturated carbocycles. The molecule has 6 nitrogen and oxygen atoms in total. The van der Waals surface area contributed by atoms with E-state index >= 15 is 4.39 Å².